The first-order valence-electron chi connectivity index (χ1n) is 14.5. The van der Waals surface area contributed by atoms with E-state index in [-0.39, 0.29) is 11.0 Å². The Balaban J connectivity index is 1.09. The molecule has 4 aliphatic carbocycles. The number of benzene rings is 3. The highest BCUT2D eigenvalue weighted by atomic mass is 127. The number of anilines is 1. The SMILES string of the molecule is O=C1NC(=O)N(c2ccc(C34CC5CC(CC(C5)C3)C4)cc2)C(=O)/C1=C/c1ccc(OCc2ccc(Br)cc2)c(I)c1. The molecule has 0 atom stereocenters. The van der Waals surface area contributed by atoms with Gasteiger partial charge in [0.05, 0.1) is 9.26 Å². The zero-order valence-corrected chi connectivity index (χ0v) is 26.7. The van der Waals surface area contributed by atoms with Crippen molar-refractivity contribution in [2.24, 2.45) is 17.8 Å². The van der Waals surface area contributed by atoms with Crippen molar-refractivity contribution in [3.05, 3.63) is 97.0 Å². The second-order valence-corrected chi connectivity index (χ2v) is 14.4. The van der Waals surface area contributed by atoms with Crippen LogP contribution in [-0.2, 0) is 21.6 Å². The van der Waals surface area contributed by atoms with E-state index in [1.807, 2.05) is 48.5 Å². The summed E-state index contributed by atoms with van der Waals surface area (Å²) in [5.74, 6) is 1.88. The Kier molecular flexibility index (Phi) is 7.25. The van der Waals surface area contributed by atoms with Gasteiger partial charge in [-0.3, -0.25) is 14.9 Å². The molecule has 5 aliphatic rings. The number of nitrogens with one attached hydrogen (secondary N) is 1. The molecule has 214 valence electrons. The molecule has 0 aromatic heterocycles. The van der Waals surface area contributed by atoms with Gasteiger partial charge in [-0.15, -0.1) is 0 Å². The van der Waals surface area contributed by atoms with E-state index in [0.29, 0.717) is 23.6 Å². The third kappa shape index (κ3) is 5.21. The van der Waals surface area contributed by atoms with Gasteiger partial charge in [0.1, 0.15) is 17.9 Å². The van der Waals surface area contributed by atoms with Crippen molar-refractivity contribution in [3.63, 3.8) is 0 Å². The van der Waals surface area contributed by atoms with E-state index in [9.17, 15) is 14.4 Å². The molecule has 8 rings (SSSR count). The fourth-order valence-corrected chi connectivity index (χ4v) is 8.91. The van der Waals surface area contributed by atoms with E-state index in [4.69, 9.17) is 4.74 Å². The fourth-order valence-electron chi connectivity index (χ4n) is 7.95. The maximum absolute atomic E-state index is 13.5. The van der Waals surface area contributed by atoms with Crippen LogP contribution < -0.4 is 15.0 Å². The van der Waals surface area contributed by atoms with Crippen molar-refractivity contribution >= 4 is 68.1 Å². The zero-order valence-electron chi connectivity index (χ0n) is 22.9. The number of rotatable bonds is 6. The van der Waals surface area contributed by atoms with E-state index in [1.165, 1.54) is 50.2 Å². The van der Waals surface area contributed by atoms with Crippen LogP contribution in [0, 0.1) is 21.3 Å². The number of carbonyl (C=O) groups excluding carboxylic acids is 3. The van der Waals surface area contributed by atoms with Crippen LogP contribution in [0.25, 0.3) is 6.08 Å². The zero-order chi connectivity index (χ0) is 29.0. The molecule has 4 bridgehead atoms. The van der Waals surface area contributed by atoms with Gasteiger partial charge in [-0.05, 0) is 143 Å². The van der Waals surface area contributed by atoms with Crippen molar-refractivity contribution in [1.82, 2.24) is 5.32 Å². The van der Waals surface area contributed by atoms with Crippen LogP contribution in [-0.4, -0.2) is 17.8 Å². The van der Waals surface area contributed by atoms with Crippen LogP contribution in [0.3, 0.4) is 0 Å². The molecule has 3 aromatic carbocycles. The number of carbonyl (C=O) groups is 3. The number of ether oxygens (including phenoxy) is 1. The molecule has 1 saturated heterocycles. The number of amides is 4. The number of hydrogen-bond acceptors (Lipinski definition) is 4. The van der Waals surface area contributed by atoms with E-state index in [1.54, 1.807) is 6.07 Å². The highest BCUT2D eigenvalue weighted by molar-refractivity contribution is 14.1. The summed E-state index contributed by atoms with van der Waals surface area (Å²) >= 11 is 5.62. The topological polar surface area (TPSA) is 75.7 Å². The molecule has 4 saturated carbocycles. The number of barbiturate groups is 1. The molecule has 42 heavy (non-hydrogen) atoms. The molecular formula is C34H30BrIN2O4. The summed E-state index contributed by atoms with van der Waals surface area (Å²) < 4.78 is 7.83. The third-order valence-electron chi connectivity index (χ3n) is 9.45. The maximum atomic E-state index is 13.5. The van der Waals surface area contributed by atoms with Gasteiger partial charge in [-0.25, -0.2) is 9.69 Å². The summed E-state index contributed by atoms with van der Waals surface area (Å²) in [6.07, 6.45) is 9.40. The van der Waals surface area contributed by atoms with Crippen LogP contribution in [0.1, 0.15) is 55.2 Å². The van der Waals surface area contributed by atoms with Crippen LogP contribution in [0.4, 0.5) is 10.5 Å². The Labute approximate surface area is 267 Å². The Morgan fingerprint density at radius 1 is 0.905 bits per heavy atom. The molecule has 3 aromatic rings. The monoisotopic (exact) mass is 736 g/mol. The van der Waals surface area contributed by atoms with Gasteiger partial charge < -0.3 is 4.74 Å². The highest BCUT2D eigenvalue weighted by Crippen LogP contribution is 2.60. The van der Waals surface area contributed by atoms with Crippen LogP contribution >= 0.6 is 38.5 Å². The van der Waals surface area contributed by atoms with E-state index in [0.717, 1.165) is 36.3 Å². The highest BCUT2D eigenvalue weighted by Gasteiger charge is 2.51. The van der Waals surface area contributed by atoms with Gasteiger partial charge in [0.2, 0.25) is 0 Å². The molecule has 0 unspecified atom stereocenters. The first-order valence-corrected chi connectivity index (χ1v) is 16.3. The molecule has 0 radical (unpaired) electrons. The number of nitrogens with zero attached hydrogens (tertiary/aromatic N) is 1. The lowest BCUT2D eigenvalue weighted by Gasteiger charge is -2.57. The summed E-state index contributed by atoms with van der Waals surface area (Å²) in [5, 5.41) is 2.35. The van der Waals surface area contributed by atoms with Gasteiger partial charge in [0.25, 0.3) is 11.8 Å². The Bertz CT molecular complexity index is 1580. The fraction of sp³-hybridized carbons (Fsp3) is 0.324. The number of urea groups is 1. The van der Waals surface area contributed by atoms with Crippen molar-refractivity contribution in [2.45, 2.75) is 50.5 Å². The summed E-state index contributed by atoms with van der Waals surface area (Å²) in [6, 6.07) is 20.6. The minimum atomic E-state index is -0.726. The quantitative estimate of drug-likeness (QED) is 0.160. The molecule has 6 nitrogen and oxygen atoms in total. The summed E-state index contributed by atoms with van der Waals surface area (Å²) in [7, 11) is 0. The second-order valence-electron chi connectivity index (χ2n) is 12.3. The summed E-state index contributed by atoms with van der Waals surface area (Å²) in [4.78, 5) is 40.2. The molecule has 1 aliphatic heterocycles. The number of halogens is 2. The van der Waals surface area contributed by atoms with Gasteiger partial charge in [0.15, 0.2) is 0 Å². The number of imide groups is 2. The first-order chi connectivity index (χ1) is 20.3. The van der Waals surface area contributed by atoms with E-state index < -0.39 is 17.8 Å². The predicted molar refractivity (Wildman–Crippen MR) is 173 cm³/mol. The average molecular weight is 737 g/mol. The van der Waals surface area contributed by atoms with Crippen LogP contribution in [0.15, 0.2) is 76.8 Å². The lowest BCUT2D eigenvalue weighted by atomic mass is 9.48. The second kappa shape index (κ2) is 10.9. The standard InChI is InChI=1S/C34H30BrIN2O4/c35-26-6-1-20(2-7-26)19-42-30-10-3-21(15-29(30)36)14-28-31(39)37-33(41)38(32(28)40)27-8-4-25(5-9-27)34-16-22-11-23(17-34)13-24(12-22)18-34/h1-10,14-15,22-24H,11-13,16-19H2,(H,37,39,41)/b28-14+. The van der Waals surface area contributed by atoms with Crippen LogP contribution in [0.2, 0.25) is 0 Å². The lowest BCUT2D eigenvalue weighted by molar-refractivity contribution is -0.122. The molecule has 5 fully saturated rings. The molecule has 4 amide bonds. The first kappa shape index (κ1) is 27.8. The molecule has 8 heteroatoms. The molecule has 1 N–H and O–H groups in total. The van der Waals surface area contributed by atoms with Gasteiger partial charge in [-0.1, -0.05) is 46.3 Å². The van der Waals surface area contributed by atoms with E-state index in [2.05, 4.69) is 56.0 Å². The molecule has 1 heterocycles. The number of hydrogen-bond donors (Lipinski definition) is 1. The summed E-state index contributed by atoms with van der Waals surface area (Å²) in [6.45, 7) is 0.420. The Morgan fingerprint density at radius 2 is 1.55 bits per heavy atom. The van der Waals surface area contributed by atoms with Gasteiger partial charge in [0, 0.05) is 4.47 Å². The van der Waals surface area contributed by atoms with Crippen molar-refractivity contribution in [1.29, 1.82) is 0 Å². The van der Waals surface area contributed by atoms with E-state index >= 15 is 0 Å². The Morgan fingerprint density at radius 3 is 2.17 bits per heavy atom. The smallest absolute Gasteiger partial charge is 0.335 e. The predicted octanol–water partition coefficient (Wildman–Crippen LogP) is 7.77. The van der Waals surface area contributed by atoms with Crippen molar-refractivity contribution < 1.29 is 19.1 Å². The molecule has 0 spiro atoms. The summed E-state index contributed by atoms with van der Waals surface area (Å²) in [5.41, 5.74) is 3.64. The third-order valence-corrected chi connectivity index (χ3v) is 10.8. The van der Waals surface area contributed by atoms with Gasteiger partial charge >= 0.3 is 6.03 Å². The van der Waals surface area contributed by atoms with Gasteiger partial charge in [-0.2, -0.15) is 0 Å². The van der Waals surface area contributed by atoms with Crippen molar-refractivity contribution in [2.75, 3.05) is 4.90 Å². The average Bonchev–Trinajstić information content (AvgIpc) is 2.95. The van der Waals surface area contributed by atoms with Crippen molar-refractivity contribution in [3.8, 4) is 5.75 Å². The molecular weight excluding hydrogens is 707 g/mol. The normalized spacial score (nSPS) is 27.5. The largest absolute Gasteiger partial charge is 0.488 e. The minimum Gasteiger partial charge on any atom is -0.488 e. The Hall–Kier alpha value is -2.98. The van der Waals surface area contributed by atoms with Crippen LogP contribution in [0.5, 0.6) is 5.75 Å². The minimum absolute atomic E-state index is 0.0842. The maximum Gasteiger partial charge on any atom is 0.335 e. The lowest BCUT2D eigenvalue weighted by Crippen LogP contribution is -2.54.